The summed E-state index contributed by atoms with van der Waals surface area (Å²) in [6, 6.07) is 13.4. The van der Waals surface area contributed by atoms with Gasteiger partial charge in [-0.25, -0.2) is 0 Å². The van der Waals surface area contributed by atoms with Crippen LogP contribution in [-0.2, 0) is 12.8 Å². The summed E-state index contributed by atoms with van der Waals surface area (Å²) in [6.45, 7) is 1.12. The second-order valence-electron chi connectivity index (χ2n) is 4.99. The third-order valence-corrected chi connectivity index (χ3v) is 4.00. The molecule has 0 amide bonds. The van der Waals surface area contributed by atoms with Crippen molar-refractivity contribution in [2.45, 2.75) is 19.3 Å². The normalized spacial score (nSPS) is 15.8. The SMILES string of the molecule is c1ccc2c(c1)Cc1c-2ccc2c1NCCC2. The number of hydrogen-bond acceptors (Lipinski definition) is 1. The summed E-state index contributed by atoms with van der Waals surface area (Å²) in [5, 5.41) is 3.60. The summed E-state index contributed by atoms with van der Waals surface area (Å²) in [7, 11) is 0. The van der Waals surface area contributed by atoms with Gasteiger partial charge in [0.05, 0.1) is 0 Å². The van der Waals surface area contributed by atoms with Crippen LogP contribution in [-0.4, -0.2) is 6.54 Å². The van der Waals surface area contributed by atoms with E-state index in [4.69, 9.17) is 0 Å². The van der Waals surface area contributed by atoms with Crippen LogP contribution in [0.15, 0.2) is 36.4 Å². The number of rotatable bonds is 0. The summed E-state index contributed by atoms with van der Waals surface area (Å²) >= 11 is 0. The predicted octanol–water partition coefficient (Wildman–Crippen LogP) is 3.62. The molecule has 1 nitrogen and oxygen atoms in total. The molecule has 0 unspecified atom stereocenters. The van der Waals surface area contributed by atoms with Gasteiger partial charge in [0, 0.05) is 18.7 Å². The van der Waals surface area contributed by atoms with Crippen LogP contribution in [0.25, 0.3) is 11.1 Å². The molecule has 1 heteroatoms. The minimum atomic E-state index is 1.10. The van der Waals surface area contributed by atoms with Gasteiger partial charge in [-0.3, -0.25) is 0 Å². The Balaban J connectivity index is 1.96. The summed E-state index contributed by atoms with van der Waals surface area (Å²) in [6.07, 6.45) is 3.59. The first kappa shape index (κ1) is 9.29. The standard InChI is InChI=1S/C16H15N/c1-2-6-13-12(4-1)10-15-14(13)8-7-11-5-3-9-17-16(11)15/h1-2,4,6-8,17H,3,5,9-10H2. The highest BCUT2D eigenvalue weighted by molar-refractivity contribution is 5.83. The highest BCUT2D eigenvalue weighted by Crippen LogP contribution is 2.42. The predicted molar refractivity (Wildman–Crippen MR) is 71.5 cm³/mol. The van der Waals surface area contributed by atoms with Crippen molar-refractivity contribution in [3.8, 4) is 11.1 Å². The van der Waals surface area contributed by atoms with Gasteiger partial charge in [-0.2, -0.15) is 0 Å². The number of anilines is 1. The zero-order valence-electron chi connectivity index (χ0n) is 9.79. The lowest BCUT2D eigenvalue weighted by Crippen LogP contribution is -2.13. The summed E-state index contributed by atoms with van der Waals surface area (Å²) < 4.78 is 0. The van der Waals surface area contributed by atoms with Gasteiger partial charge in [0.2, 0.25) is 0 Å². The highest BCUT2D eigenvalue weighted by atomic mass is 14.9. The molecule has 0 radical (unpaired) electrons. The van der Waals surface area contributed by atoms with Gasteiger partial charge >= 0.3 is 0 Å². The van der Waals surface area contributed by atoms with E-state index < -0.39 is 0 Å². The van der Waals surface area contributed by atoms with Crippen molar-refractivity contribution in [3.63, 3.8) is 0 Å². The number of benzene rings is 2. The van der Waals surface area contributed by atoms with Crippen LogP contribution >= 0.6 is 0 Å². The van der Waals surface area contributed by atoms with Crippen molar-refractivity contribution in [2.24, 2.45) is 0 Å². The average molecular weight is 221 g/mol. The Bertz CT molecular complexity index is 598. The molecule has 2 aliphatic rings. The van der Waals surface area contributed by atoms with Gasteiger partial charge in [-0.05, 0) is 40.7 Å². The van der Waals surface area contributed by atoms with Crippen LogP contribution in [0.2, 0.25) is 0 Å². The van der Waals surface area contributed by atoms with E-state index in [0.29, 0.717) is 0 Å². The zero-order valence-corrected chi connectivity index (χ0v) is 9.79. The number of hydrogen-bond donors (Lipinski definition) is 1. The maximum atomic E-state index is 3.60. The molecule has 0 saturated heterocycles. The maximum absolute atomic E-state index is 3.60. The fourth-order valence-electron chi connectivity index (χ4n) is 3.18. The van der Waals surface area contributed by atoms with Gasteiger partial charge in [0.25, 0.3) is 0 Å². The molecule has 0 spiro atoms. The molecule has 1 heterocycles. The van der Waals surface area contributed by atoms with Gasteiger partial charge in [0.15, 0.2) is 0 Å². The fraction of sp³-hybridized carbons (Fsp3) is 0.250. The van der Waals surface area contributed by atoms with Gasteiger partial charge in [-0.1, -0.05) is 36.4 Å². The Morgan fingerprint density at radius 1 is 0.882 bits per heavy atom. The molecule has 0 fully saturated rings. The second kappa shape index (κ2) is 3.36. The molecule has 0 aromatic heterocycles. The molecule has 0 atom stereocenters. The van der Waals surface area contributed by atoms with Crippen molar-refractivity contribution < 1.29 is 0 Å². The third kappa shape index (κ3) is 1.25. The summed E-state index contributed by atoms with van der Waals surface area (Å²) in [5.41, 5.74) is 8.78. The third-order valence-electron chi connectivity index (χ3n) is 4.00. The molecule has 17 heavy (non-hydrogen) atoms. The first-order chi connectivity index (χ1) is 8.43. The van der Waals surface area contributed by atoms with E-state index >= 15 is 0 Å². The lowest BCUT2D eigenvalue weighted by molar-refractivity contribution is 0.827. The molecule has 84 valence electrons. The van der Waals surface area contributed by atoms with Crippen LogP contribution < -0.4 is 5.32 Å². The topological polar surface area (TPSA) is 12.0 Å². The van der Waals surface area contributed by atoms with E-state index in [2.05, 4.69) is 41.7 Å². The number of aryl methyl sites for hydroxylation is 1. The van der Waals surface area contributed by atoms with Gasteiger partial charge in [0.1, 0.15) is 0 Å². The van der Waals surface area contributed by atoms with E-state index in [0.717, 1.165) is 13.0 Å². The number of nitrogens with one attached hydrogen (secondary N) is 1. The Hall–Kier alpha value is -1.76. The van der Waals surface area contributed by atoms with E-state index in [1.165, 1.54) is 46.3 Å². The van der Waals surface area contributed by atoms with Crippen molar-refractivity contribution in [3.05, 3.63) is 53.1 Å². The Kier molecular flexibility index (Phi) is 1.84. The molecule has 2 aromatic carbocycles. The Morgan fingerprint density at radius 3 is 2.82 bits per heavy atom. The van der Waals surface area contributed by atoms with Crippen LogP contribution in [0.1, 0.15) is 23.1 Å². The summed E-state index contributed by atoms with van der Waals surface area (Å²) in [4.78, 5) is 0. The van der Waals surface area contributed by atoms with Crippen molar-refractivity contribution in [1.29, 1.82) is 0 Å². The highest BCUT2D eigenvalue weighted by Gasteiger charge is 2.23. The lowest BCUT2D eigenvalue weighted by Gasteiger charge is -2.21. The molecule has 2 aromatic rings. The fourth-order valence-corrected chi connectivity index (χ4v) is 3.18. The smallest absolute Gasteiger partial charge is 0.0414 e. The summed E-state index contributed by atoms with van der Waals surface area (Å²) in [5.74, 6) is 0. The molecule has 1 N–H and O–H groups in total. The van der Waals surface area contributed by atoms with E-state index in [1.807, 2.05) is 0 Å². The molecule has 0 saturated carbocycles. The van der Waals surface area contributed by atoms with E-state index in [9.17, 15) is 0 Å². The maximum Gasteiger partial charge on any atom is 0.0414 e. The van der Waals surface area contributed by atoms with Gasteiger partial charge < -0.3 is 5.32 Å². The lowest BCUT2D eigenvalue weighted by atomic mass is 9.96. The minimum absolute atomic E-state index is 1.10. The molecule has 1 aliphatic carbocycles. The molecule has 0 bridgehead atoms. The average Bonchev–Trinajstić information content (AvgIpc) is 2.78. The molecular weight excluding hydrogens is 206 g/mol. The largest absolute Gasteiger partial charge is 0.385 e. The van der Waals surface area contributed by atoms with E-state index in [1.54, 1.807) is 0 Å². The zero-order chi connectivity index (χ0) is 11.2. The molecule has 4 rings (SSSR count). The van der Waals surface area contributed by atoms with Crippen molar-refractivity contribution in [1.82, 2.24) is 0 Å². The van der Waals surface area contributed by atoms with E-state index in [-0.39, 0.29) is 0 Å². The first-order valence-electron chi connectivity index (χ1n) is 6.40. The quantitative estimate of drug-likeness (QED) is 0.611. The first-order valence-corrected chi connectivity index (χ1v) is 6.40. The van der Waals surface area contributed by atoms with Crippen molar-refractivity contribution >= 4 is 5.69 Å². The van der Waals surface area contributed by atoms with Crippen LogP contribution in [0, 0.1) is 0 Å². The van der Waals surface area contributed by atoms with Gasteiger partial charge in [-0.15, -0.1) is 0 Å². The second-order valence-corrected chi connectivity index (χ2v) is 4.99. The van der Waals surface area contributed by atoms with Crippen LogP contribution in [0.3, 0.4) is 0 Å². The van der Waals surface area contributed by atoms with Crippen LogP contribution in [0.4, 0.5) is 5.69 Å². The van der Waals surface area contributed by atoms with Crippen molar-refractivity contribution in [2.75, 3.05) is 11.9 Å². The molecular formula is C16H15N. The van der Waals surface area contributed by atoms with Crippen LogP contribution in [0.5, 0.6) is 0 Å². The monoisotopic (exact) mass is 221 g/mol. The minimum Gasteiger partial charge on any atom is -0.385 e. The Labute approximate surface area is 101 Å². The Morgan fingerprint density at radius 2 is 1.82 bits per heavy atom. The molecule has 1 aliphatic heterocycles. The number of fused-ring (bicyclic) bond motifs is 5.